The monoisotopic (exact) mass is 425 g/mol. The summed E-state index contributed by atoms with van der Waals surface area (Å²) in [4.78, 5) is 0. The van der Waals surface area contributed by atoms with Crippen LogP contribution in [0.2, 0.25) is 0 Å². The van der Waals surface area contributed by atoms with Gasteiger partial charge in [-0.25, -0.2) is 0 Å². The minimum absolute atomic E-state index is 0.901. The van der Waals surface area contributed by atoms with Crippen LogP contribution < -0.4 is 5.32 Å². The van der Waals surface area contributed by atoms with E-state index in [1.807, 2.05) is 48.5 Å². The second-order valence-electron chi connectivity index (χ2n) is 8.32. The molecule has 0 spiro atoms. The van der Waals surface area contributed by atoms with E-state index in [1.165, 1.54) is 0 Å². The molecule has 0 atom stereocenters. The smallest absolute Gasteiger partial charge is 0.136 e. The van der Waals surface area contributed by atoms with Crippen LogP contribution in [-0.4, -0.2) is 0 Å². The standard InChI is InChI=1S/C30H19NO2/c1-3-7-27-23(5-1)25-15-11-20(17-30(25)33-27)19-9-12-21(13-10-19)31-22-14-16-29-26(18-22)24-6-2-4-8-28(24)32-29/h1-18,31H. The lowest BCUT2D eigenvalue weighted by Crippen LogP contribution is -1.89. The number of nitrogens with one attached hydrogen (secondary N) is 1. The van der Waals surface area contributed by atoms with Crippen molar-refractivity contribution < 1.29 is 8.83 Å². The summed E-state index contributed by atoms with van der Waals surface area (Å²) in [6.07, 6.45) is 0. The van der Waals surface area contributed by atoms with E-state index in [9.17, 15) is 0 Å². The molecule has 7 rings (SSSR count). The molecule has 0 saturated carbocycles. The summed E-state index contributed by atoms with van der Waals surface area (Å²) in [6, 6.07) is 37.4. The lowest BCUT2D eigenvalue weighted by atomic mass is 10.0. The third-order valence-electron chi connectivity index (χ3n) is 6.26. The van der Waals surface area contributed by atoms with E-state index < -0.39 is 0 Å². The SMILES string of the molecule is c1ccc2c(c1)oc1cc(-c3ccc(Nc4ccc5oc6ccccc6c5c4)cc3)ccc12. The predicted octanol–water partition coefficient (Wildman–Crippen LogP) is 8.90. The van der Waals surface area contributed by atoms with Crippen LogP contribution in [0.15, 0.2) is 118 Å². The molecule has 0 radical (unpaired) electrons. The van der Waals surface area contributed by atoms with E-state index in [-0.39, 0.29) is 0 Å². The fourth-order valence-electron chi connectivity index (χ4n) is 4.62. The first-order valence-corrected chi connectivity index (χ1v) is 11.0. The van der Waals surface area contributed by atoms with Crippen molar-refractivity contribution in [2.24, 2.45) is 0 Å². The Morgan fingerprint density at radius 3 is 1.76 bits per heavy atom. The van der Waals surface area contributed by atoms with Gasteiger partial charge in [-0.15, -0.1) is 0 Å². The van der Waals surface area contributed by atoms with Crippen LogP contribution in [-0.2, 0) is 0 Å². The molecule has 0 aliphatic rings. The second-order valence-corrected chi connectivity index (χ2v) is 8.32. The van der Waals surface area contributed by atoms with Crippen molar-refractivity contribution in [1.82, 2.24) is 0 Å². The molecule has 5 aromatic carbocycles. The molecule has 7 aromatic rings. The number of furan rings is 2. The Balaban J connectivity index is 1.20. The molecule has 0 fully saturated rings. The van der Waals surface area contributed by atoms with Crippen molar-refractivity contribution in [1.29, 1.82) is 0 Å². The maximum atomic E-state index is 6.06. The van der Waals surface area contributed by atoms with Gasteiger partial charge in [0.2, 0.25) is 0 Å². The van der Waals surface area contributed by atoms with Crippen LogP contribution in [0.25, 0.3) is 55.0 Å². The van der Waals surface area contributed by atoms with Crippen LogP contribution in [0.1, 0.15) is 0 Å². The molecule has 2 heterocycles. The minimum atomic E-state index is 0.901. The Morgan fingerprint density at radius 1 is 0.394 bits per heavy atom. The highest BCUT2D eigenvalue weighted by atomic mass is 16.3. The van der Waals surface area contributed by atoms with Gasteiger partial charge in [0.1, 0.15) is 22.3 Å². The molecule has 0 unspecified atom stereocenters. The van der Waals surface area contributed by atoms with Gasteiger partial charge in [-0.3, -0.25) is 0 Å². The molecular formula is C30H19NO2. The van der Waals surface area contributed by atoms with Crippen molar-refractivity contribution in [3.05, 3.63) is 109 Å². The molecule has 0 aliphatic carbocycles. The lowest BCUT2D eigenvalue weighted by Gasteiger charge is -2.08. The van der Waals surface area contributed by atoms with E-state index in [4.69, 9.17) is 8.83 Å². The highest BCUT2D eigenvalue weighted by molar-refractivity contribution is 6.07. The van der Waals surface area contributed by atoms with Crippen LogP contribution in [0.5, 0.6) is 0 Å². The molecule has 2 aromatic heterocycles. The molecule has 1 N–H and O–H groups in total. The van der Waals surface area contributed by atoms with Crippen molar-refractivity contribution in [3.63, 3.8) is 0 Å². The fourth-order valence-corrected chi connectivity index (χ4v) is 4.62. The lowest BCUT2D eigenvalue weighted by molar-refractivity contribution is 0.668. The normalized spacial score (nSPS) is 11.6. The summed E-state index contributed by atoms with van der Waals surface area (Å²) in [5.74, 6) is 0. The Hall–Kier alpha value is -4.50. The van der Waals surface area contributed by atoms with Crippen molar-refractivity contribution in [3.8, 4) is 11.1 Å². The largest absolute Gasteiger partial charge is 0.456 e. The average molecular weight is 425 g/mol. The number of para-hydroxylation sites is 2. The van der Waals surface area contributed by atoms with Gasteiger partial charge in [0.05, 0.1) is 0 Å². The van der Waals surface area contributed by atoms with E-state index in [1.54, 1.807) is 0 Å². The molecule has 0 bridgehead atoms. The van der Waals surface area contributed by atoms with Gasteiger partial charge in [-0.2, -0.15) is 0 Å². The van der Waals surface area contributed by atoms with Crippen molar-refractivity contribution >= 4 is 55.3 Å². The van der Waals surface area contributed by atoms with Crippen molar-refractivity contribution in [2.45, 2.75) is 0 Å². The van der Waals surface area contributed by atoms with Gasteiger partial charge in [-0.1, -0.05) is 54.6 Å². The van der Waals surface area contributed by atoms with Gasteiger partial charge in [0.25, 0.3) is 0 Å². The third kappa shape index (κ3) is 2.98. The summed E-state index contributed by atoms with van der Waals surface area (Å²) in [5, 5.41) is 8.07. The van der Waals surface area contributed by atoms with Gasteiger partial charge < -0.3 is 14.2 Å². The van der Waals surface area contributed by atoms with E-state index in [0.29, 0.717) is 0 Å². The maximum Gasteiger partial charge on any atom is 0.136 e. The summed E-state index contributed by atoms with van der Waals surface area (Å²) < 4.78 is 12.0. The highest BCUT2D eigenvalue weighted by Gasteiger charge is 2.09. The number of fused-ring (bicyclic) bond motifs is 6. The molecule has 0 aliphatic heterocycles. The first-order valence-electron chi connectivity index (χ1n) is 11.0. The van der Waals surface area contributed by atoms with E-state index in [0.717, 1.165) is 66.4 Å². The van der Waals surface area contributed by atoms with Gasteiger partial charge in [-0.05, 0) is 65.7 Å². The molecule has 156 valence electrons. The summed E-state index contributed by atoms with van der Waals surface area (Å²) in [6.45, 7) is 0. The quantitative estimate of drug-likeness (QED) is 0.307. The molecule has 3 nitrogen and oxygen atoms in total. The number of benzene rings is 5. The van der Waals surface area contributed by atoms with Crippen LogP contribution >= 0.6 is 0 Å². The van der Waals surface area contributed by atoms with Crippen LogP contribution in [0, 0.1) is 0 Å². The van der Waals surface area contributed by atoms with Gasteiger partial charge in [0, 0.05) is 32.9 Å². The molecular weight excluding hydrogens is 406 g/mol. The Morgan fingerprint density at radius 2 is 0.970 bits per heavy atom. The van der Waals surface area contributed by atoms with Crippen LogP contribution in [0.3, 0.4) is 0 Å². The zero-order valence-corrected chi connectivity index (χ0v) is 17.7. The summed E-state index contributed by atoms with van der Waals surface area (Å²) >= 11 is 0. The molecule has 3 heteroatoms. The van der Waals surface area contributed by atoms with Gasteiger partial charge in [0.15, 0.2) is 0 Å². The van der Waals surface area contributed by atoms with Gasteiger partial charge >= 0.3 is 0 Å². The summed E-state index contributed by atoms with van der Waals surface area (Å²) in [7, 11) is 0. The highest BCUT2D eigenvalue weighted by Crippen LogP contribution is 2.34. The maximum absolute atomic E-state index is 6.06. The number of hydrogen-bond acceptors (Lipinski definition) is 3. The molecule has 0 saturated heterocycles. The molecule has 0 amide bonds. The predicted molar refractivity (Wildman–Crippen MR) is 136 cm³/mol. The topological polar surface area (TPSA) is 38.3 Å². The number of rotatable bonds is 3. The zero-order valence-electron chi connectivity index (χ0n) is 17.7. The Kier molecular flexibility index (Phi) is 3.84. The average Bonchev–Trinajstić information content (AvgIpc) is 3.42. The first-order chi connectivity index (χ1) is 16.3. The fraction of sp³-hybridized carbons (Fsp3) is 0. The molecule has 33 heavy (non-hydrogen) atoms. The first kappa shape index (κ1) is 18.1. The van der Waals surface area contributed by atoms with Crippen LogP contribution in [0.4, 0.5) is 11.4 Å². The number of hydrogen-bond donors (Lipinski definition) is 1. The minimum Gasteiger partial charge on any atom is -0.456 e. The summed E-state index contributed by atoms with van der Waals surface area (Å²) in [5.41, 5.74) is 8.01. The van der Waals surface area contributed by atoms with Crippen molar-refractivity contribution in [2.75, 3.05) is 5.32 Å². The van der Waals surface area contributed by atoms with E-state index >= 15 is 0 Å². The van der Waals surface area contributed by atoms with E-state index in [2.05, 4.69) is 66.0 Å². The third-order valence-corrected chi connectivity index (χ3v) is 6.26. The second kappa shape index (κ2) is 7.01. The Labute approximate surface area is 189 Å². The number of anilines is 2. The zero-order chi connectivity index (χ0) is 21.8. The Bertz CT molecular complexity index is 1790.